The van der Waals surface area contributed by atoms with Gasteiger partial charge in [-0.3, -0.25) is 23.5 Å². The zero-order valence-electron chi connectivity index (χ0n) is 25.0. The van der Waals surface area contributed by atoms with E-state index in [1.54, 1.807) is 41.5 Å². The smallest absolute Gasteiger partial charge is 0.437 e. The lowest BCUT2D eigenvalue weighted by molar-refractivity contribution is -0.208. The number of nitrogens with two attached hydrogens (primary N) is 2. The average molecular weight is 644 g/mol. The van der Waals surface area contributed by atoms with Crippen molar-refractivity contribution in [2.75, 3.05) is 25.9 Å². The number of primary amides is 1. The maximum atomic E-state index is 16.2. The highest BCUT2D eigenvalue weighted by atomic mass is 31.2. The molecule has 1 amide bonds. The van der Waals surface area contributed by atoms with Gasteiger partial charge in [-0.25, -0.2) is 28.0 Å². The highest BCUT2D eigenvalue weighted by molar-refractivity contribution is 7.48. The molecular formula is C26H35FN5O11P. The SMILES string of the molecule is C#C[C@@]1(n2cc(C(N)=O)c3c(N)ncnc32)O[C@](F)(COP(=O)(OCOC(=O)C(C)(C)C)OCOC(=O)C(C)(C)C)C[C@H]1O. The lowest BCUT2D eigenvalue weighted by Gasteiger charge is -2.30. The van der Waals surface area contributed by atoms with Crippen molar-refractivity contribution in [3.05, 3.63) is 18.1 Å². The minimum atomic E-state index is -4.84. The van der Waals surface area contributed by atoms with E-state index in [1.165, 1.54) is 0 Å². The van der Waals surface area contributed by atoms with Crippen LogP contribution in [-0.4, -0.2) is 69.6 Å². The number of aliphatic hydroxyl groups is 1. The largest absolute Gasteiger partial charge is 0.480 e. The molecule has 0 unspecified atom stereocenters. The maximum Gasteiger partial charge on any atom is 0.480 e. The first kappa shape index (κ1) is 34.8. The monoisotopic (exact) mass is 643 g/mol. The molecule has 5 N–H and O–H groups in total. The Labute approximate surface area is 252 Å². The van der Waals surface area contributed by atoms with Crippen molar-refractivity contribution in [2.45, 2.75) is 65.6 Å². The summed E-state index contributed by atoms with van der Waals surface area (Å²) < 4.78 is 61.1. The molecular weight excluding hydrogens is 608 g/mol. The lowest BCUT2D eigenvalue weighted by atomic mass is 9.98. The minimum Gasteiger partial charge on any atom is -0.437 e. The summed E-state index contributed by atoms with van der Waals surface area (Å²) in [5.74, 6) is -3.34. The van der Waals surface area contributed by atoms with Crippen molar-refractivity contribution in [1.29, 1.82) is 0 Å². The molecule has 3 rings (SSSR count). The highest BCUT2D eigenvalue weighted by Gasteiger charge is 2.59. The van der Waals surface area contributed by atoms with Gasteiger partial charge in [0.25, 0.3) is 5.91 Å². The van der Waals surface area contributed by atoms with Crippen LogP contribution < -0.4 is 11.5 Å². The number of fused-ring (bicyclic) bond motifs is 1. The second kappa shape index (κ2) is 12.4. The number of amides is 1. The Morgan fingerprint density at radius 2 is 1.68 bits per heavy atom. The van der Waals surface area contributed by atoms with Gasteiger partial charge >= 0.3 is 19.8 Å². The van der Waals surface area contributed by atoms with Gasteiger partial charge in [-0.2, -0.15) is 0 Å². The molecule has 0 aliphatic carbocycles. The molecule has 18 heteroatoms. The topological polar surface area (TPSA) is 227 Å². The van der Waals surface area contributed by atoms with Gasteiger partial charge in [0.2, 0.25) is 25.2 Å². The Hall–Kier alpha value is -3.65. The predicted octanol–water partition coefficient (Wildman–Crippen LogP) is 2.10. The van der Waals surface area contributed by atoms with E-state index >= 15 is 4.39 Å². The van der Waals surface area contributed by atoms with Crippen LogP contribution in [0.4, 0.5) is 10.2 Å². The zero-order valence-corrected chi connectivity index (χ0v) is 25.9. The summed E-state index contributed by atoms with van der Waals surface area (Å²) in [5.41, 5.74) is 6.85. The molecule has 0 bridgehead atoms. The van der Waals surface area contributed by atoms with E-state index in [4.69, 9.17) is 45.7 Å². The molecule has 1 fully saturated rings. The molecule has 0 spiro atoms. The van der Waals surface area contributed by atoms with Crippen LogP contribution in [0.15, 0.2) is 12.5 Å². The minimum absolute atomic E-state index is 0.0149. The number of terminal acetylenes is 1. The number of carbonyl (C=O) groups excluding carboxylic acids is 3. The maximum absolute atomic E-state index is 16.2. The van der Waals surface area contributed by atoms with Crippen LogP contribution in [0.2, 0.25) is 0 Å². The number of halogens is 1. The average Bonchev–Trinajstić information content (AvgIpc) is 3.43. The van der Waals surface area contributed by atoms with Crippen LogP contribution in [0.1, 0.15) is 58.3 Å². The molecule has 3 atom stereocenters. The van der Waals surface area contributed by atoms with E-state index in [9.17, 15) is 24.1 Å². The van der Waals surface area contributed by atoms with E-state index in [2.05, 4.69) is 15.9 Å². The van der Waals surface area contributed by atoms with Crippen molar-refractivity contribution in [2.24, 2.45) is 16.6 Å². The number of aromatic nitrogens is 3. The van der Waals surface area contributed by atoms with Crippen molar-refractivity contribution >= 4 is 42.5 Å². The van der Waals surface area contributed by atoms with Crippen LogP contribution >= 0.6 is 7.82 Å². The van der Waals surface area contributed by atoms with Crippen molar-refractivity contribution in [1.82, 2.24) is 14.5 Å². The van der Waals surface area contributed by atoms with Crippen molar-refractivity contribution < 1.29 is 56.2 Å². The number of phosphoric ester groups is 1. The fourth-order valence-electron chi connectivity index (χ4n) is 3.84. The van der Waals surface area contributed by atoms with Crippen molar-refractivity contribution in [3.8, 4) is 12.3 Å². The number of phosphoric acid groups is 1. The van der Waals surface area contributed by atoms with Gasteiger partial charge in [-0.15, -0.1) is 6.42 Å². The van der Waals surface area contributed by atoms with Crippen LogP contribution in [-0.2, 0) is 47.7 Å². The summed E-state index contributed by atoms with van der Waals surface area (Å²) in [6, 6.07) is 0. The molecule has 2 aromatic rings. The summed E-state index contributed by atoms with van der Waals surface area (Å²) in [6.45, 7) is 6.25. The van der Waals surface area contributed by atoms with E-state index in [-0.39, 0.29) is 22.4 Å². The second-order valence-corrected chi connectivity index (χ2v) is 13.5. The Bertz CT molecular complexity index is 1490. The molecule has 1 saturated heterocycles. The van der Waals surface area contributed by atoms with Gasteiger partial charge in [0.15, 0.2) is 0 Å². The number of anilines is 1. The summed E-state index contributed by atoms with van der Waals surface area (Å²) in [7, 11) is -4.84. The highest BCUT2D eigenvalue weighted by Crippen LogP contribution is 2.53. The summed E-state index contributed by atoms with van der Waals surface area (Å²) in [5, 5.41) is 11.0. The summed E-state index contributed by atoms with van der Waals surface area (Å²) in [4.78, 5) is 44.2. The van der Waals surface area contributed by atoms with E-state index in [1.807, 2.05) is 0 Å². The van der Waals surface area contributed by atoms with Crippen molar-refractivity contribution in [3.63, 3.8) is 0 Å². The summed E-state index contributed by atoms with van der Waals surface area (Å²) >= 11 is 0. The number of ether oxygens (including phenoxy) is 3. The molecule has 1 aliphatic heterocycles. The number of nitrogens with zero attached hydrogens (tertiary/aromatic N) is 3. The van der Waals surface area contributed by atoms with E-state index in [0.29, 0.717) is 0 Å². The van der Waals surface area contributed by atoms with Gasteiger partial charge in [-0.05, 0) is 47.5 Å². The summed E-state index contributed by atoms with van der Waals surface area (Å²) in [6.07, 6.45) is 5.19. The molecule has 2 aromatic heterocycles. The van der Waals surface area contributed by atoms with Crippen LogP contribution in [0.3, 0.4) is 0 Å². The molecule has 0 radical (unpaired) electrons. The number of esters is 2. The zero-order chi connectivity index (χ0) is 33.3. The number of rotatable bonds is 11. The van der Waals surface area contributed by atoms with Gasteiger partial charge in [-0.1, -0.05) is 0 Å². The van der Waals surface area contributed by atoms with Gasteiger partial charge in [0.05, 0.1) is 21.8 Å². The van der Waals surface area contributed by atoms with Crippen LogP contribution in [0, 0.1) is 23.2 Å². The molecule has 1 aliphatic rings. The van der Waals surface area contributed by atoms with Gasteiger partial charge < -0.3 is 30.8 Å². The number of carbonyl (C=O) groups is 3. The first-order valence-electron chi connectivity index (χ1n) is 13.0. The fourth-order valence-corrected chi connectivity index (χ4v) is 4.78. The number of aliphatic hydroxyl groups excluding tert-OH is 1. The standard InChI is InChI=1S/C26H35FN5O11P/c1-8-26(32-10-15(19(29)34)17-18(28)30-12-31-20(17)32)16(33)9-25(27,43-26)11-40-44(37,41-13-38-21(35)23(2,3)4)42-14-39-22(36)24(5,6)7/h1,10,12,16,33H,9,11,13-14H2,2-7H3,(H2,29,34)(H2,28,30,31)/t16-,25+,26-/m1/s1. The third-order valence-electron chi connectivity index (χ3n) is 6.20. The van der Waals surface area contributed by atoms with Crippen LogP contribution in [0.25, 0.3) is 11.0 Å². The van der Waals surface area contributed by atoms with E-state index in [0.717, 1.165) is 17.1 Å². The first-order chi connectivity index (χ1) is 20.2. The normalized spacial score (nSPS) is 22.5. The fraction of sp³-hybridized carbons (Fsp3) is 0.577. The number of nitrogen functional groups attached to an aromatic ring is 1. The third-order valence-corrected chi connectivity index (χ3v) is 7.48. The quantitative estimate of drug-likeness (QED) is 0.138. The Kier molecular flexibility index (Phi) is 9.81. The van der Waals surface area contributed by atoms with Gasteiger partial charge in [0, 0.05) is 12.6 Å². The Morgan fingerprint density at radius 3 is 2.16 bits per heavy atom. The molecule has 0 saturated carbocycles. The van der Waals surface area contributed by atoms with Crippen LogP contribution in [0.5, 0.6) is 0 Å². The molecule has 44 heavy (non-hydrogen) atoms. The first-order valence-corrected chi connectivity index (χ1v) is 14.5. The lowest BCUT2D eigenvalue weighted by Crippen LogP contribution is -2.42. The number of hydrogen-bond donors (Lipinski definition) is 3. The molecule has 242 valence electrons. The molecule has 16 nitrogen and oxygen atoms in total. The molecule has 0 aromatic carbocycles. The number of alkyl halides is 1. The Morgan fingerprint density at radius 1 is 1.14 bits per heavy atom. The molecule has 3 heterocycles. The predicted molar refractivity (Wildman–Crippen MR) is 149 cm³/mol. The Balaban J connectivity index is 1.86. The third kappa shape index (κ3) is 7.34. The second-order valence-electron chi connectivity index (χ2n) is 11.9. The van der Waals surface area contributed by atoms with E-state index < -0.39 is 80.8 Å². The number of hydrogen-bond acceptors (Lipinski definition) is 14. The van der Waals surface area contributed by atoms with Gasteiger partial charge in [0.1, 0.15) is 30.5 Å².